The smallest absolute Gasteiger partial charge is 0.333 e. The SMILES string of the molecule is N[C@@H]1CN(C(=O)C(F)(F)c2cscn2)C[C@@H]1n1ccnn1. The van der Waals surface area contributed by atoms with E-state index in [9.17, 15) is 13.6 Å². The van der Waals surface area contributed by atoms with Crippen molar-refractivity contribution in [3.63, 3.8) is 0 Å². The molecule has 1 fully saturated rings. The molecule has 3 heterocycles. The number of hydrogen-bond acceptors (Lipinski definition) is 6. The molecule has 10 heteroatoms. The molecule has 0 aromatic carbocycles. The van der Waals surface area contributed by atoms with Crippen LogP contribution in [-0.4, -0.2) is 49.9 Å². The summed E-state index contributed by atoms with van der Waals surface area (Å²) in [7, 11) is 0. The van der Waals surface area contributed by atoms with Crippen LogP contribution in [0.4, 0.5) is 8.78 Å². The molecule has 2 aromatic heterocycles. The lowest BCUT2D eigenvalue weighted by molar-refractivity contribution is -0.158. The summed E-state index contributed by atoms with van der Waals surface area (Å²) >= 11 is 1.02. The molecule has 0 aliphatic carbocycles. The van der Waals surface area contributed by atoms with Crippen molar-refractivity contribution >= 4 is 17.2 Å². The van der Waals surface area contributed by atoms with Gasteiger partial charge in [0.15, 0.2) is 0 Å². The van der Waals surface area contributed by atoms with Crippen molar-refractivity contribution < 1.29 is 13.6 Å². The molecule has 2 atom stereocenters. The third kappa shape index (κ3) is 2.40. The van der Waals surface area contributed by atoms with Crippen molar-refractivity contribution in [2.24, 2.45) is 5.73 Å². The number of rotatable bonds is 3. The summed E-state index contributed by atoms with van der Waals surface area (Å²) in [6, 6.07) is -0.829. The van der Waals surface area contributed by atoms with Gasteiger partial charge in [-0.2, -0.15) is 8.78 Å². The zero-order valence-electron chi connectivity index (χ0n) is 10.8. The number of carbonyl (C=O) groups excluding carboxylic acids is 1. The molecule has 0 spiro atoms. The molecule has 1 aliphatic rings. The molecule has 3 rings (SSSR count). The maximum atomic E-state index is 14.1. The van der Waals surface area contributed by atoms with Gasteiger partial charge in [-0.1, -0.05) is 5.21 Å². The first-order valence-corrected chi connectivity index (χ1v) is 7.11. The molecule has 7 nitrogen and oxygen atoms in total. The van der Waals surface area contributed by atoms with E-state index in [1.54, 1.807) is 6.20 Å². The number of likely N-dealkylation sites (tertiary alicyclic amines) is 1. The van der Waals surface area contributed by atoms with Gasteiger partial charge in [0.1, 0.15) is 5.69 Å². The standard InChI is InChI=1S/C11H12F2N6OS/c12-11(13,9-5-21-6-15-9)10(20)18-3-7(14)8(4-18)19-2-1-16-17-19/h1-2,5-8H,3-4,14H2/t7-,8+/m1/s1. The van der Waals surface area contributed by atoms with Crippen LogP contribution < -0.4 is 5.73 Å². The zero-order chi connectivity index (χ0) is 15.0. The molecule has 2 N–H and O–H groups in total. The highest BCUT2D eigenvalue weighted by atomic mass is 32.1. The van der Waals surface area contributed by atoms with Gasteiger partial charge in [0.2, 0.25) is 0 Å². The highest BCUT2D eigenvalue weighted by Crippen LogP contribution is 2.32. The number of amides is 1. The average Bonchev–Trinajstić information content (AvgIpc) is 3.18. The molecule has 21 heavy (non-hydrogen) atoms. The number of hydrogen-bond donors (Lipinski definition) is 1. The number of alkyl halides is 2. The summed E-state index contributed by atoms with van der Waals surface area (Å²) < 4.78 is 29.7. The van der Waals surface area contributed by atoms with E-state index in [1.165, 1.54) is 21.8 Å². The monoisotopic (exact) mass is 314 g/mol. The van der Waals surface area contributed by atoms with Crippen LogP contribution in [0.1, 0.15) is 11.7 Å². The minimum Gasteiger partial charge on any atom is -0.333 e. The molecule has 0 radical (unpaired) electrons. The molecular weight excluding hydrogens is 302 g/mol. The summed E-state index contributed by atoms with van der Waals surface area (Å²) in [5.74, 6) is -4.93. The average molecular weight is 314 g/mol. The molecule has 112 valence electrons. The normalized spacial score (nSPS) is 22.7. The van der Waals surface area contributed by atoms with Gasteiger partial charge >= 0.3 is 5.92 Å². The third-order valence-electron chi connectivity index (χ3n) is 3.42. The molecular formula is C11H12F2N6OS. The molecule has 1 saturated heterocycles. The van der Waals surface area contributed by atoms with Crippen LogP contribution in [0.3, 0.4) is 0 Å². The van der Waals surface area contributed by atoms with Crippen LogP contribution in [-0.2, 0) is 10.7 Å². The van der Waals surface area contributed by atoms with Crippen LogP contribution in [0.5, 0.6) is 0 Å². The maximum absolute atomic E-state index is 14.1. The van der Waals surface area contributed by atoms with Gasteiger partial charge in [0.25, 0.3) is 5.91 Å². The highest BCUT2D eigenvalue weighted by molar-refractivity contribution is 7.07. The van der Waals surface area contributed by atoms with Crippen molar-refractivity contribution in [1.29, 1.82) is 0 Å². The number of thiazole rings is 1. The van der Waals surface area contributed by atoms with Crippen molar-refractivity contribution in [3.8, 4) is 0 Å². The Morgan fingerprint density at radius 2 is 2.29 bits per heavy atom. The Kier molecular flexibility index (Phi) is 3.41. The minimum atomic E-state index is -3.64. The zero-order valence-corrected chi connectivity index (χ0v) is 11.6. The van der Waals surface area contributed by atoms with Crippen LogP contribution in [0, 0.1) is 0 Å². The van der Waals surface area contributed by atoms with E-state index in [1.807, 2.05) is 0 Å². The maximum Gasteiger partial charge on any atom is 0.367 e. The number of halogens is 2. The second kappa shape index (κ2) is 5.11. The van der Waals surface area contributed by atoms with Crippen LogP contribution in [0.15, 0.2) is 23.3 Å². The van der Waals surface area contributed by atoms with Crippen molar-refractivity contribution in [2.75, 3.05) is 13.1 Å². The molecule has 2 aromatic rings. The largest absolute Gasteiger partial charge is 0.367 e. The van der Waals surface area contributed by atoms with Crippen LogP contribution in [0.2, 0.25) is 0 Å². The van der Waals surface area contributed by atoms with E-state index >= 15 is 0 Å². The van der Waals surface area contributed by atoms with Crippen molar-refractivity contribution in [1.82, 2.24) is 24.9 Å². The Labute approximate surface area is 122 Å². The van der Waals surface area contributed by atoms with Crippen molar-refractivity contribution in [2.45, 2.75) is 18.0 Å². The van der Waals surface area contributed by atoms with Gasteiger partial charge < -0.3 is 10.6 Å². The van der Waals surface area contributed by atoms with E-state index in [4.69, 9.17) is 5.73 Å². The summed E-state index contributed by atoms with van der Waals surface area (Å²) in [5, 5.41) is 8.63. The summed E-state index contributed by atoms with van der Waals surface area (Å²) in [6.07, 6.45) is 3.07. The Bertz CT molecular complexity index is 617. The van der Waals surface area contributed by atoms with E-state index in [0.29, 0.717) is 0 Å². The molecule has 1 amide bonds. The first-order valence-electron chi connectivity index (χ1n) is 6.17. The number of nitrogens with zero attached hydrogens (tertiary/aromatic N) is 5. The lowest BCUT2D eigenvalue weighted by Crippen LogP contribution is -2.41. The minimum absolute atomic E-state index is 0.0447. The fraction of sp³-hybridized carbons (Fsp3) is 0.455. The van der Waals surface area contributed by atoms with Crippen LogP contribution >= 0.6 is 11.3 Å². The van der Waals surface area contributed by atoms with Gasteiger partial charge in [0, 0.05) is 30.7 Å². The fourth-order valence-electron chi connectivity index (χ4n) is 2.33. The Morgan fingerprint density at radius 3 is 2.90 bits per heavy atom. The predicted octanol–water partition coefficient (Wildman–Crippen LogP) is 0.237. The number of carbonyl (C=O) groups is 1. The van der Waals surface area contributed by atoms with E-state index in [2.05, 4.69) is 15.3 Å². The molecule has 0 bridgehead atoms. The van der Waals surface area contributed by atoms with Gasteiger partial charge in [-0.15, -0.1) is 16.4 Å². The third-order valence-corrected chi connectivity index (χ3v) is 4.01. The Hall–Kier alpha value is -1.94. The first kappa shape index (κ1) is 14.0. The van der Waals surface area contributed by atoms with Gasteiger partial charge in [-0.25, -0.2) is 9.67 Å². The Morgan fingerprint density at radius 1 is 1.48 bits per heavy atom. The van der Waals surface area contributed by atoms with Crippen molar-refractivity contribution in [3.05, 3.63) is 29.0 Å². The van der Waals surface area contributed by atoms with Gasteiger partial charge in [-0.3, -0.25) is 4.79 Å². The Balaban J connectivity index is 1.78. The molecule has 1 aliphatic heterocycles. The molecule has 0 unspecified atom stereocenters. The highest BCUT2D eigenvalue weighted by Gasteiger charge is 2.49. The second-order valence-corrected chi connectivity index (χ2v) is 5.49. The lowest BCUT2D eigenvalue weighted by Gasteiger charge is -2.21. The number of aromatic nitrogens is 4. The number of nitrogens with two attached hydrogens (primary N) is 1. The van der Waals surface area contributed by atoms with E-state index < -0.39 is 23.6 Å². The topological polar surface area (TPSA) is 89.9 Å². The second-order valence-electron chi connectivity index (χ2n) is 4.77. The summed E-state index contributed by atoms with van der Waals surface area (Å²) in [5.41, 5.74) is 6.66. The molecule has 0 saturated carbocycles. The fourth-order valence-corrected chi connectivity index (χ4v) is 2.90. The summed E-state index contributed by atoms with van der Waals surface area (Å²) in [4.78, 5) is 16.6. The van der Waals surface area contributed by atoms with E-state index in [0.717, 1.165) is 16.2 Å². The summed E-state index contributed by atoms with van der Waals surface area (Å²) in [6.45, 7) is 0.117. The van der Waals surface area contributed by atoms with Crippen LogP contribution in [0.25, 0.3) is 0 Å². The quantitative estimate of drug-likeness (QED) is 0.876. The first-order chi connectivity index (χ1) is 10.00. The predicted molar refractivity (Wildman–Crippen MR) is 69.6 cm³/mol. The van der Waals surface area contributed by atoms with Gasteiger partial charge in [-0.05, 0) is 0 Å². The van der Waals surface area contributed by atoms with Gasteiger partial charge in [0.05, 0.1) is 17.7 Å². The van der Waals surface area contributed by atoms with E-state index in [-0.39, 0.29) is 19.1 Å². The lowest BCUT2D eigenvalue weighted by atomic mass is 10.2.